The maximum Gasteiger partial charge on any atom is 0.127 e. The van der Waals surface area contributed by atoms with E-state index in [2.05, 4.69) is 23.9 Å². The van der Waals surface area contributed by atoms with Crippen molar-refractivity contribution in [1.82, 2.24) is 9.88 Å². The fraction of sp³-hybridized carbons (Fsp3) is 0.318. The van der Waals surface area contributed by atoms with E-state index in [0.717, 1.165) is 53.9 Å². The van der Waals surface area contributed by atoms with Crippen LogP contribution in [0.2, 0.25) is 0 Å². The van der Waals surface area contributed by atoms with Gasteiger partial charge in [-0.05, 0) is 75.0 Å². The molecule has 0 N–H and O–H groups in total. The molecule has 27 heavy (non-hydrogen) atoms. The molecule has 0 radical (unpaired) electrons. The molecule has 0 saturated heterocycles. The molecule has 1 aromatic heterocycles. The molecular weight excluding hydrogens is 356 g/mol. The van der Waals surface area contributed by atoms with Crippen LogP contribution in [0, 0.1) is 0 Å². The number of rotatable bonds is 10. The van der Waals surface area contributed by atoms with E-state index in [-0.39, 0.29) is 0 Å². The molecule has 1 heterocycles. The van der Waals surface area contributed by atoms with E-state index in [1.165, 1.54) is 6.42 Å². The lowest BCUT2D eigenvalue weighted by atomic mass is 10.2. The second kappa shape index (κ2) is 10.1. The second-order valence-electron chi connectivity index (χ2n) is 6.44. The molecule has 0 saturated carbocycles. The predicted molar refractivity (Wildman–Crippen MR) is 112 cm³/mol. The van der Waals surface area contributed by atoms with Gasteiger partial charge in [-0.2, -0.15) is 0 Å². The molecule has 3 rings (SSSR count). The lowest BCUT2D eigenvalue weighted by Crippen LogP contribution is -2.21. The van der Waals surface area contributed by atoms with Gasteiger partial charge in [-0.3, -0.25) is 0 Å². The number of benzene rings is 2. The van der Waals surface area contributed by atoms with E-state index < -0.39 is 0 Å². The molecule has 2 aromatic carbocycles. The van der Waals surface area contributed by atoms with Crippen LogP contribution in [-0.4, -0.2) is 36.6 Å². The molecule has 142 valence electrons. The zero-order valence-corrected chi connectivity index (χ0v) is 16.7. The largest absolute Gasteiger partial charge is 0.494 e. The van der Waals surface area contributed by atoms with Gasteiger partial charge in [-0.15, -0.1) is 11.3 Å². The van der Waals surface area contributed by atoms with Crippen molar-refractivity contribution < 1.29 is 9.47 Å². The molecule has 0 spiro atoms. The molecule has 3 aromatic rings. The number of thiazole rings is 1. The smallest absolute Gasteiger partial charge is 0.127 e. The van der Waals surface area contributed by atoms with Crippen LogP contribution in [0.25, 0.3) is 10.6 Å². The minimum Gasteiger partial charge on any atom is -0.494 e. The number of hydrogen-bond donors (Lipinski definition) is 0. The third kappa shape index (κ3) is 6.08. The summed E-state index contributed by atoms with van der Waals surface area (Å²) in [6.07, 6.45) is 4.03. The first kappa shape index (κ1) is 19.4. The van der Waals surface area contributed by atoms with Crippen molar-refractivity contribution in [3.05, 3.63) is 60.1 Å². The maximum absolute atomic E-state index is 5.91. The first-order valence-corrected chi connectivity index (χ1v) is 10.2. The Morgan fingerprint density at radius 1 is 0.926 bits per heavy atom. The molecule has 5 heteroatoms. The monoisotopic (exact) mass is 382 g/mol. The van der Waals surface area contributed by atoms with Crippen molar-refractivity contribution in [1.29, 1.82) is 0 Å². The Hall–Kier alpha value is -2.37. The minimum atomic E-state index is 0.729. The van der Waals surface area contributed by atoms with Gasteiger partial charge in [0.15, 0.2) is 0 Å². The van der Waals surface area contributed by atoms with E-state index in [1.807, 2.05) is 60.1 Å². The average Bonchev–Trinajstić information content (AvgIpc) is 3.22. The highest BCUT2D eigenvalue weighted by atomic mass is 32.1. The van der Waals surface area contributed by atoms with Crippen molar-refractivity contribution in [2.24, 2.45) is 0 Å². The Bertz CT molecular complexity index is 786. The number of hydrogen-bond acceptors (Lipinski definition) is 5. The van der Waals surface area contributed by atoms with E-state index >= 15 is 0 Å². The summed E-state index contributed by atoms with van der Waals surface area (Å²) in [5.41, 5.74) is 1.10. The van der Waals surface area contributed by atoms with Gasteiger partial charge < -0.3 is 14.4 Å². The molecule has 0 amide bonds. The summed E-state index contributed by atoms with van der Waals surface area (Å²) in [5, 5.41) is 3.00. The minimum absolute atomic E-state index is 0.729. The van der Waals surface area contributed by atoms with Crippen LogP contribution in [0.1, 0.15) is 19.8 Å². The first-order valence-electron chi connectivity index (χ1n) is 9.34. The highest BCUT2D eigenvalue weighted by Gasteiger charge is 2.03. The summed E-state index contributed by atoms with van der Waals surface area (Å²) in [6.45, 7) is 5.13. The normalized spacial score (nSPS) is 10.9. The molecule has 0 unspecified atom stereocenters. The lowest BCUT2D eigenvalue weighted by Gasteiger charge is -2.15. The summed E-state index contributed by atoms with van der Waals surface area (Å²) in [6, 6.07) is 15.8. The lowest BCUT2D eigenvalue weighted by molar-refractivity contribution is 0.262. The van der Waals surface area contributed by atoms with Crippen LogP contribution in [0.5, 0.6) is 17.2 Å². The van der Waals surface area contributed by atoms with Crippen LogP contribution < -0.4 is 9.47 Å². The van der Waals surface area contributed by atoms with E-state index in [1.54, 1.807) is 11.3 Å². The molecule has 0 fully saturated rings. The predicted octanol–water partition coefficient (Wildman–Crippen LogP) is 5.71. The van der Waals surface area contributed by atoms with Gasteiger partial charge in [-0.1, -0.05) is 6.92 Å². The van der Waals surface area contributed by atoms with Gasteiger partial charge in [0.1, 0.15) is 22.3 Å². The van der Waals surface area contributed by atoms with E-state index in [9.17, 15) is 0 Å². The Morgan fingerprint density at radius 3 is 2.22 bits per heavy atom. The molecule has 4 nitrogen and oxygen atoms in total. The summed E-state index contributed by atoms with van der Waals surface area (Å²) < 4.78 is 11.7. The molecule has 0 atom stereocenters. The molecule has 0 aliphatic carbocycles. The zero-order valence-electron chi connectivity index (χ0n) is 15.9. The Kier molecular flexibility index (Phi) is 7.25. The zero-order chi connectivity index (χ0) is 18.9. The summed E-state index contributed by atoms with van der Waals surface area (Å²) in [5.74, 6) is 2.48. The highest BCUT2D eigenvalue weighted by molar-refractivity contribution is 7.13. The maximum atomic E-state index is 5.91. The van der Waals surface area contributed by atoms with Crippen LogP contribution in [-0.2, 0) is 0 Å². The van der Waals surface area contributed by atoms with Gasteiger partial charge >= 0.3 is 0 Å². The standard InChI is InChI=1S/C22H26N2O2S/c1-3-14-24(2)15-4-16-25-19-9-11-21(12-10-19)26-20-7-5-18(6-8-20)22-23-13-17-27-22/h5-13,17H,3-4,14-16H2,1-2H3. The topological polar surface area (TPSA) is 34.6 Å². The molecular formula is C22H26N2O2S. The van der Waals surface area contributed by atoms with Gasteiger partial charge in [-0.25, -0.2) is 4.98 Å². The Labute approximate surface area is 165 Å². The average molecular weight is 383 g/mol. The van der Waals surface area contributed by atoms with E-state index in [0.29, 0.717) is 0 Å². The number of nitrogens with zero attached hydrogens (tertiary/aromatic N) is 2. The molecule has 0 bridgehead atoms. The number of ether oxygens (including phenoxy) is 2. The third-order valence-electron chi connectivity index (χ3n) is 4.15. The van der Waals surface area contributed by atoms with Crippen LogP contribution in [0.3, 0.4) is 0 Å². The quantitative estimate of drug-likeness (QED) is 0.421. The van der Waals surface area contributed by atoms with Crippen molar-refractivity contribution in [3.8, 4) is 27.8 Å². The Morgan fingerprint density at radius 2 is 1.59 bits per heavy atom. The van der Waals surface area contributed by atoms with Crippen molar-refractivity contribution >= 4 is 11.3 Å². The fourth-order valence-electron chi connectivity index (χ4n) is 2.79. The Balaban J connectivity index is 1.46. The van der Waals surface area contributed by atoms with Crippen molar-refractivity contribution in [3.63, 3.8) is 0 Å². The molecule has 0 aliphatic heterocycles. The summed E-state index contributed by atoms with van der Waals surface area (Å²) in [4.78, 5) is 6.65. The summed E-state index contributed by atoms with van der Waals surface area (Å²) >= 11 is 1.63. The van der Waals surface area contributed by atoms with Crippen molar-refractivity contribution in [2.75, 3.05) is 26.7 Å². The van der Waals surface area contributed by atoms with Gasteiger partial charge in [0, 0.05) is 23.7 Å². The van der Waals surface area contributed by atoms with Crippen LogP contribution in [0.4, 0.5) is 0 Å². The SMILES string of the molecule is CCCN(C)CCCOc1ccc(Oc2ccc(-c3nccs3)cc2)cc1. The highest BCUT2D eigenvalue weighted by Crippen LogP contribution is 2.27. The van der Waals surface area contributed by atoms with Crippen LogP contribution >= 0.6 is 11.3 Å². The van der Waals surface area contributed by atoms with Crippen molar-refractivity contribution in [2.45, 2.75) is 19.8 Å². The van der Waals surface area contributed by atoms with Gasteiger partial charge in [0.25, 0.3) is 0 Å². The van der Waals surface area contributed by atoms with E-state index in [4.69, 9.17) is 9.47 Å². The van der Waals surface area contributed by atoms with Crippen LogP contribution in [0.15, 0.2) is 60.1 Å². The second-order valence-corrected chi connectivity index (χ2v) is 7.33. The van der Waals surface area contributed by atoms with Gasteiger partial charge in [0.2, 0.25) is 0 Å². The number of aromatic nitrogens is 1. The summed E-state index contributed by atoms with van der Waals surface area (Å²) in [7, 11) is 2.15. The first-order chi connectivity index (χ1) is 13.2. The fourth-order valence-corrected chi connectivity index (χ4v) is 3.43. The van der Waals surface area contributed by atoms with Gasteiger partial charge in [0.05, 0.1) is 6.61 Å². The molecule has 0 aliphatic rings. The third-order valence-corrected chi connectivity index (χ3v) is 4.97.